The van der Waals surface area contributed by atoms with Crippen LogP contribution < -0.4 is 5.73 Å². The van der Waals surface area contributed by atoms with Gasteiger partial charge in [-0.05, 0) is 40.9 Å². The van der Waals surface area contributed by atoms with Crippen molar-refractivity contribution in [2.24, 2.45) is 0 Å². The summed E-state index contributed by atoms with van der Waals surface area (Å²) < 4.78 is 41.0. The zero-order chi connectivity index (χ0) is 15.6. The van der Waals surface area contributed by atoms with E-state index in [-0.39, 0.29) is 16.6 Å². The fourth-order valence-electron chi connectivity index (χ4n) is 2.72. The zero-order valence-corrected chi connectivity index (χ0v) is 14.4. The van der Waals surface area contributed by atoms with E-state index in [9.17, 15) is 12.8 Å². The molecule has 0 unspecified atom stereocenters. The van der Waals surface area contributed by atoms with Crippen LogP contribution in [0.15, 0.2) is 21.5 Å². The molecule has 1 saturated carbocycles. The average Bonchev–Trinajstić information content (AvgIpc) is 2.70. The molecule has 2 N–H and O–H groups in total. The van der Waals surface area contributed by atoms with Gasteiger partial charge in [0.1, 0.15) is 10.7 Å². The summed E-state index contributed by atoms with van der Waals surface area (Å²) >= 11 is 3.10. The second-order valence-electron chi connectivity index (χ2n) is 5.47. The van der Waals surface area contributed by atoms with Gasteiger partial charge in [0.25, 0.3) is 0 Å². The van der Waals surface area contributed by atoms with Gasteiger partial charge >= 0.3 is 0 Å². The van der Waals surface area contributed by atoms with E-state index < -0.39 is 15.8 Å². The minimum Gasteiger partial charge on any atom is -0.398 e. The van der Waals surface area contributed by atoms with E-state index in [1.165, 1.54) is 17.4 Å². The van der Waals surface area contributed by atoms with Crippen molar-refractivity contribution in [3.8, 4) is 0 Å². The quantitative estimate of drug-likeness (QED) is 0.646. The average molecular weight is 379 g/mol. The predicted octanol–water partition coefficient (Wildman–Crippen LogP) is 3.51. The summed E-state index contributed by atoms with van der Waals surface area (Å²) in [6, 6.07) is 2.22. The SMILES string of the molecule is CN(C1CCCCCC1)S(=O)(=O)c1cc(N)c(Br)cc1F. The Kier molecular flexibility index (Phi) is 5.27. The van der Waals surface area contributed by atoms with Crippen molar-refractivity contribution in [1.82, 2.24) is 4.31 Å². The van der Waals surface area contributed by atoms with Gasteiger partial charge in [-0.3, -0.25) is 0 Å². The number of hydrogen-bond acceptors (Lipinski definition) is 3. The van der Waals surface area contributed by atoms with Crippen LogP contribution in [0.5, 0.6) is 0 Å². The molecular weight excluding hydrogens is 359 g/mol. The topological polar surface area (TPSA) is 63.4 Å². The summed E-state index contributed by atoms with van der Waals surface area (Å²) in [5.41, 5.74) is 5.91. The molecule has 2 rings (SSSR count). The fraction of sp³-hybridized carbons (Fsp3) is 0.571. The van der Waals surface area contributed by atoms with E-state index in [1.54, 1.807) is 0 Å². The van der Waals surface area contributed by atoms with Gasteiger partial charge in [-0.1, -0.05) is 25.7 Å². The standard InChI is InChI=1S/C14H20BrFN2O2S/c1-18(10-6-4-2-3-5-7-10)21(19,20)14-9-13(17)11(15)8-12(14)16/h8-10H,2-7,17H2,1H3. The molecule has 0 bridgehead atoms. The van der Waals surface area contributed by atoms with E-state index >= 15 is 0 Å². The Morgan fingerprint density at radius 2 is 1.81 bits per heavy atom. The largest absolute Gasteiger partial charge is 0.398 e. The molecule has 4 nitrogen and oxygen atoms in total. The Labute approximate surface area is 133 Å². The molecule has 0 radical (unpaired) electrons. The summed E-state index contributed by atoms with van der Waals surface area (Å²) in [5, 5.41) is 0. The molecule has 0 atom stereocenters. The Morgan fingerprint density at radius 3 is 2.38 bits per heavy atom. The van der Waals surface area contributed by atoms with E-state index in [0.717, 1.165) is 44.6 Å². The van der Waals surface area contributed by atoms with Crippen LogP contribution in [0.2, 0.25) is 0 Å². The van der Waals surface area contributed by atoms with Crippen LogP contribution in [0.25, 0.3) is 0 Å². The molecule has 1 aromatic rings. The highest BCUT2D eigenvalue weighted by molar-refractivity contribution is 9.10. The van der Waals surface area contributed by atoms with Crippen molar-refractivity contribution in [3.05, 3.63) is 22.4 Å². The third-order valence-electron chi connectivity index (χ3n) is 4.05. The Bertz CT molecular complexity index is 614. The first-order valence-electron chi connectivity index (χ1n) is 7.06. The van der Waals surface area contributed by atoms with Crippen LogP contribution in [-0.2, 0) is 10.0 Å². The first-order valence-corrected chi connectivity index (χ1v) is 9.30. The lowest BCUT2D eigenvalue weighted by Crippen LogP contribution is -2.37. The lowest BCUT2D eigenvalue weighted by Gasteiger charge is -2.26. The molecule has 21 heavy (non-hydrogen) atoms. The highest BCUT2D eigenvalue weighted by Crippen LogP contribution is 2.30. The maximum absolute atomic E-state index is 14.0. The van der Waals surface area contributed by atoms with E-state index in [2.05, 4.69) is 15.9 Å². The Morgan fingerprint density at radius 1 is 1.24 bits per heavy atom. The van der Waals surface area contributed by atoms with Crippen molar-refractivity contribution < 1.29 is 12.8 Å². The van der Waals surface area contributed by atoms with Gasteiger partial charge in [0, 0.05) is 23.2 Å². The summed E-state index contributed by atoms with van der Waals surface area (Å²) in [6.45, 7) is 0. The zero-order valence-electron chi connectivity index (χ0n) is 12.0. The molecular formula is C14H20BrFN2O2S. The number of nitrogens with two attached hydrogens (primary N) is 1. The van der Waals surface area contributed by atoms with E-state index in [1.807, 2.05) is 0 Å². The van der Waals surface area contributed by atoms with Crippen LogP contribution >= 0.6 is 15.9 Å². The van der Waals surface area contributed by atoms with Crippen molar-refractivity contribution >= 4 is 31.6 Å². The molecule has 0 spiro atoms. The Hall–Kier alpha value is -0.660. The van der Waals surface area contributed by atoms with Crippen LogP contribution in [0.1, 0.15) is 38.5 Å². The number of rotatable bonds is 3. The summed E-state index contributed by atoms with van der Waals surface area (Å²) in [4.78, 5) is -0.352. The van der Waals surface area contributed by atoms with Crippen LogP contribution in [0.3, 0.4) is 0 Å². The van der Waals surface area contributed by atoms with Crippen molar-refractivity contribution in [2.45, 2.75) is 49.5 Å². The monoisotopic (exact) mass is 378 g/mol. The van der Waals surface area contributed by atoms with Gasteiger partial charge in [-0.15, -0.1) is 0 Å². The first-order chi connectivity index (χ1) is 9.84. The van der Waals surface area contributed by atoms with Crippen molar-refractivity contribution in [2.75, 3.05) is 12.8 Å². The van der Waals surface area contributed by atoms with E-state index in [0.29, 0.717) is 4.47 Å². The molecule has 118 valence electrons. The van der Waals surface area contributed by atoms with E-state index in [4.69, 9.17) is 5.73 Å². The molecule has 1 aliphatic carbocycles. The van der Waals surface area contributed by atoms with Crippen LogP contribution in [-0.4, -0.2) is 25.8 Å². The van der Waals surface area contributed by atoms with Gasteiger partial charge < -0.3 is 5.73 Å². The van der Waals surface area contributed by atoms with Gasteiger partial charge in [-0.2, -0.15) is 4.31 Å². The summed E-state index contributed by atoms with van der Waals surface area (Å²) in [5.74, 6) is -0.781. The smallest absolute Gasteiger partial charge is 0.246 e. The predicted molar refractivity (Wildman–Crippen MR) is 85.0 cm³/mol. The number of anilines is 1. The number of nitrogens with zero attached hydrogens (tertiary/aromatic N) is 1. The maximum Gasteiger partial charge on any atom is 0.246 e. The van der Waals surface area contributed by atoms with Gasteiger partial charge in [0.15, 0.2) is 0 Å². The second kappa shape index (κ2) is 6.62. The highest BCUT2D eigenvalue weighted by Gasteiger charge is 2.31. The van der Waals surface area contributed by atoms with Crippen LogP contribution in [0.4, 0.5) is 10.1 Å². The van der Waals surface area contributed by atoms with Gasteiger partial charge in [-0.25, -0.2) is 12.8 Å². The van der Waals surface area contributed by atoms with Crippen molar-refractivity contribution in [1.29, 1.82) is 0 Å². The summed E-state index contributed by atoms with van der Waals surface area (Å²) in [7, 11) is -2.34. The fourth-order valence-corrected chi connectivity index (χ4v) is 4.53. The Balaban J connectivity index is 2.34. The lowest BCUT2D eigenvalue weighted by molar-refractivity contribution is 0.334. The number of sulfonamides is 1. The molecule has 7 heteroatoms. The minimum atomic E-state index is -3.87. The minimum absolute atomic E-state index is 0.0678. The molecule has 0 amide bonds. The van der Waals surface area contributed by atoms with Crippen molar-refractivity contribution in [3.63, 3.8) is 0 Å². The molecule has 0 heterocycles. The highest BCUT2D eigenvalue weighted by atomic mass is 79.9. The molecule has 1 aliphatic rings. The number of nitrogen functional groups attached to an aromatic ring is 1. The molecule has 0 aromatic heterocycles. The normalized spacial score (nSPS) is 17.9. The number of halogens is 2. The molecule has 0 aliphatic heterocycles. The second-order valence-corrected chi connectivity index (χ2v) is 8.29. The molecule has 1 fully saturated rings. The third kappa shape index (κ3) is 3.57. The first kappa shape index (κ1) is 16.7. The maximum atomic E-state index is 14.0. The molecule has 0 saturated heterocycles. The molecule has 1 aromatic carbocycles. The number of hydrogen-bond donors (Lipinski definition) is 1. The third-order valence-corrected chi connectivity index (χ3v) is 6.66. The lowest BCUT2D eigenvalue weighted by atomic mass is 10.1. The van der Waals surface area contributed by atoms with Gasteiger partial charge in [0.2, 0.25) is 10.0 Å². The van der Waals surface area contributed by atoms with Gasteiger partial charge in [0.05, 0.1) is 0 Å². The number of benzene rings is 1. The summed E-state index contributed by atoms with van der Waals surface area (Å²) in [6.07, 6.45) is 5.92. The van der Waals surface area contributed by atoms with Crippen LogP contribution in [0, 0.1) is 5.82 Å².